The Morgan fingerprint density at radius 1 is 1.17 bits per heavy atom. The quantitative estimate of drug-likeness (QED) is 0.655. The molecule has 2 rings (SSSR count). The molecule has 0 saturated carbocycles. The van der Waals surface area contributed by atoms with Gasteiger partial charge in [-0.05, 0) is 18.6 Å². The highest BCUT2D eigenvalue weighted by atomic mass is 16.3. The van der Waals surface area contributed by atoms with E-state index < -0.39 is 5.56 Å². The zero-order chi connectivity index (χ0) is 16.7. The lowest BCUT2D eigenvalue weighted by Gasteiger charge is -2.08. The first kappa shape index (κ1) is 17.1. The second-order valence-electron chi connectivity index (χ2n) is 5.77. The van der Waals surface area contributed by atoms with Gasteiger partial charge in [-0.1, -0.05) is 44.7 Å². The van der Waals surface area contributed by atoms with E-state index >= 15 is 0 Å². The van der Waals surface area contributed by atoms with E-state index in [-0.39, 0.29) is 23.6 Å². The van der Waals surface area contributed by atoms with Gasteiger partial charge >= 0.3 is 0 Å². The third kappa shape index (κ3) is 4.58. The van der Waals surface area contributed by atoms with Crippen molar-refractivity contribution >= 4 is 16.8 Å². The van der Waals surface area contributed by atoms with Crippen LogP contribution < -0.4 is 10.9 Å². The zero-order valence-corrected chi connectivity index (χ0v) is 13.5. The Bertz CT molecular complexity index is 722. The minimum atomic E-state index is -0.417. The predicted molar refractivity (Wildman–Crippen MR) is 91.7 cm³/mol. The van der Waals surface area contributed by atoms with Crippen molar-refractivity contribution < 1.29 is 9.90 Å². The summed E-state index contributed by atoms with van der Waals surface area (Å²) in [5.41, 5.74) is 0.265. The summed E-state index contributed by atoms with van der Waals surface area (Å²) in [6, 6.07) is 7.00. The number of fused-ring (bicyclic) bond motifs is 1. The number of nitrogens with one attached hydrogen (secondary N) is 2. The fourth-order valence-electron chi connectivity index (χ4n) is 2.61. The van der Waals surface area contributed by atoms with Gasteiger partial charge in [0.25, 0.3) is 5.56 Å². The summed E-state index contributed by atoms with van der Waals surface area (Å²) in [6.45, 7) is 2.77. The molecular formula is C18H24N2O3. The van der Waals surface area contributed by atoms with E-state index in [1.54, 1.807) is 24.3 Å². The number of hydrogen-bond donors (Lipinski definition) is 3. The van der Waals surface area contributed by atoms with Crippen LogP contribution in [0.3, 0.4) is 0 Å². The number of benzene rings is 1. The minimum absolute atomic E-state index is 0.109. The van der Waals surface area contributed by atoms with Crippen LogP contribution in [0.5, 0.6) is 5.75 Å². The van der Waals surface area contributed by atoms with Crippen LogP contribution in [-0.2, 0) is 11.2 Å². The lowest BCUT2D eigenvalue weighted by atomic mass is 10.1. The Morgan fingerprint density at radius 2 is 1.91 bits per heavy atom. The minimum Gasteiger partial charge on any atom is -0.507 e. The van der Waals surface area contributed by atoms with Crippen LogP contribution >= 0.6 is 0 Å². The molecule has 124 valence electrons. The molecule has 1 aromatic carbocycles. The van der Waals surface area contributed by atoms with Crippen molar-refractivity contribution in [3.63, 3.8) is 0 Å². The van der Waals surface area contributed by atoms with Gasteiger partial charge < -0.3 is 15.4 Å². The Morgan fingerprint density at radius 3 is 2.70 bits per heavy atom. The summed E-state index contributed by atoms with van der Waals surface area (Å²) in [5.74, 6) is -0.348. The first-order valence-electron chi connectivity index (χ1n) is 8.23. The van der Waals surface area contributed by atoms with Crippen molar-refractivity contribution in [2.45, 2.75) is 45.4 Å². The fourth-order valence-corrected chi connectivity index (χ4v) is 2.61. The van der Waals surface area contributed by atoms with Gasteiger partial charge in [0.2, 0.25) is 5.91 Å². The van der Waals surface area contributed by atoms with Gasteiger partial charge in [-0.2, -0.15) is 0 Å². The van der Waals surface area contributed by atoms with Crippen LogP contribution in [0.25, 0.3) is 10.9 Å². The largest absolute Gasteiger partial charge is 0.507 e. The molecule has 0 unspecified atom stereocenters. The number of rotatable bonds is 8. The number of para-hydroxylation sites is 1. The Balaban J connectivity index is 1.96. The molecule has 5 heteroatoms. The molecule has 1 aromatic heterocycles. The molecule has 1 heterocycles. The molecule has 0 aliphatic heterocycles. The Labute approximate surface area is 135 Å². The van der Waals surface area contributed by atoms with Gasteiger partial charge in [-0.25, -0.2) is 0 Å². The van der Waals surface area contributed by atoms with E-state index in [1.165, 1.54) is 19.3 Å². The summed E-state index contributed by atoms with van der Waals surface area (Å²) in [5, 5.41) is 13.6. The molecule has 5 nitrogen and oxygen atoms in total. The second-order valence-corrected chi connectivity index (χ2v) is 5.77. The van der Waals surface area contributed by atoms with Crippen molar-refractivity contribution in [2.75, 3.05) is 6.54 Å². The fraction of sp³-hybridized carbons (Fsp3) is 0.444. The molecule has 0 bridgehead atoms. The van der Waals surface area contributed by atoms with Gasteiger partial charge in [0.15, 0.2) is 0 Å². The molecule has 0 spiro atoms. The number of amides is 1. The third-order valence-corrected chi connectivity index (χ3v) is 3.93. The molecule has 0 saturated heterocycles. The van der Waals surface area contributed by atoms with E-state index in [1.807, 2.05) is 0 Å². The number of pyridine rings is 1. The Hall–Kier alpha value is -2.30. The van der Waals surface area contributed by atoms with Crippen LogP contribution in [0, 0.1) is 0 Å². The van der Waals surface area contributed by atoms with Crippen molar-refractivity contribution in [2.24, 2.45) is 0 Å². The standard InChI is InChI=1S/C18H24N2O3/c1-2-3-4-5-8-11-19-16(21)12-14-17(22)13-9-6-7-10-15(13)20-18(14)23/h6-7,9-10H,2-5,8,11-12H2,1H3,(H,19,21)(H2,20,22,23). The number of hydrogen-bond acceptors (Lipinski definition) is 3. The lowest BCUT2D eigenvalue weighted by molar-refractivity contribution is -0.120. The summed E-state index contributed by atoms with van der Waals surface area (Å²) in [7, 11) is 0. The second kappa shape index (κ2) is 8.36. The normalized spacial score (nSPS) is 10.8. The number of carbonyl (C=O) groups excluding carboxylic acids is 1. The highest BCUT2D eigenvalue weighted by molar-refractivity contribution is 5.88. The third-order valence-electron chi connectivity index (χ3n) is 3.93. The van der Waals surface area contributed by atoms with Crippen LogP contribution in [0.15, 0.2) is 29.1 Å². The summed E-state index contributed by atoms with van der Waals surface area (Å²) >= 11 is 0. The number of aromatic hydroxyl groups is 1. The van der Waals surface area contributed by atoms with Crippen LogP contribution in [0.4, 0.5) is 0 Å². The van der Waals surface area contributed by atoms with Gasteiger partial charge in [0, 0.05) is 11.9 Å². The summed E-state index contributed by atoms with van der Waals surface area (Å²) in [6.07, 6.45) is 5.50. The number of aromatic nitrogens is 1. The smallest absolute Gasteiger partial charge is 0.255 e. The van der Waals surface area contributed by atoms with Crippen molar-refractivity contribution in [3.8, 4) is 5.75 Å². The number of carbonyl (C=O) groups is 1. The molecular weight excluding hydrogens is 292 g/mol. The molecule has 0 aliphatic rings. The molecule has 3 N–H and O–H groups in total. The van der Waals surface area contributed by atoms with Crippen LogP contribution in [0.2, 0.25) is 0 Å². The predicted octanol–water partition coefficient (Wildman–Crippen LogP) is 2.86. The van der Waals surface area contributed by atoms with Crippen LogP contribution in [0.1, 0.15) is 44.6 Å². The average Bonchev–Trinajstić information content (AvgIpc) is 2.55. The first-order valence-corrected chi connectivity index (χ1v) is 8.23. The molecule has 0 fully saturated rings. The van der Waals surface area contributed by atoms with E-state index in [0.717, 1.165) is 12.8 Å². The maximum atomic E-state index is 12.0. The maximum absolute atomic E-state index is 12.0. The SMILES string of the molecule is CCCCCCCNC(=O)Cc1c(O)c2ccccc2[nH]c1=O. The monoisotopic (exact) mass is 316 g/mol. The highest BCUT2D eigenvalue weighted by Gasteiger charge is 2.14. The topological polar surface area (TPSA) is 82.2 Å². The van der Waals surface area contributed by atoms with Gasteiger partial charge in [-0.3, -0.25) is 9.59 Å². The highest BCUT2D eigenvalue weighted by Crippen LogP contribution is 2.24. The number of aromatic amines is 1. The molecule has 0 atom stereocenters. The number of H-pyrrole nitrogens is 1. The van der Waals surface area contributed by atoms with Gasteiger partial charge in [0.05, 0.1) is 17.5 Å². The first-order chi connectivity index (χ1) is 11.1. The zero-order valence-electron chi connectivity index (χ0n) is 13.5. The summed E-state index contributed by atoms with van der Waals surface area (Å²) < 4.78 is 0. The van der Waals surface area contributed by atoms with Crippen molar-refractivity contribution in [1.29, 1.82) is 0 Å². The van der Waals surface area contributed by atoms with Gasteiger partial charge in [-0.15, -0.1) is 0 Å². The molecule has 0 radical (unpaired) electrons. The molecule has 1 amide bonds. The summed E-state index contributed by atoms with van der Waals surface area (Å²) in [4.78, 5) is 26.7. The van der Waals surface area contributed by atoms with Crippen molar-refractivity contribution in [1.82, 2.24) is 10.3 Å². The van der Waals surface area contributed by atoms with E-state index in [4.69, 9.17) is 0 Å². The Kier molecular flexibility index (Phi) is 6.20. The van der Waals surface area contributed by atoms with Crippen molar-refractivity contribution in [3.05, 3.63) is 40.2 Å². The van der Waals surface area contributed by atoms with E-state index in [9.17, 15) is 14.7 Å². The van der Waals surface area contributed by atoms with E-state index in [2.05, 4.69) is 17.2 Å². The maximum Gasteiger partial charge on any atom is 0.255 e. The number of unbranched alkanes of at least 4 members (excludes halogenated alkanes) is 4. The van der Waals surface area contributed by atoms with Crippen LogP contribution in [-0.4, -0.2) is 22.5 Å². The average molecular weight is 316 g/mol. The lowest BCUT2D eigenvalue weighted by Crippen LogP contribution is -2.28. The molecule has 23 heavy (non-hydrogen) atoms. The van der Waals surface area contributed by atoms with E-state index in [0.29, 0.717) is 17.4 Å². The van der Waals surface area contributed by atoms with Gasteiger partial charge in [0.1, 0.15) is 5.75 Å². The molecule has 2 aromatic rings. The molecule has 0 aliphatic carbocycles.